The van der Waals surface area contributed by atoms with Gasteiger partial charge in [0.2, 0.25) is 0 Å². The first-order valence-electron chi connectivity index (χ1n) is 3.64. The van der Waals surface area contributed by atoms with Gasteiger partial charge in [0, 0.05) is 12.2 Å². The fourth-order valence-corrected chi connectivity index (χ4v) is 0.827. The first-order chi connectivity index (χ1) is 5.74. The Balaban J connectivity index is 2.75. The third-order valence-corrected chi connectivity index (χ3v) is 1.45. The summed E-state index contributed by atoms with van der Waals surface area (Å²) < 4.78 is 12.8. The van der Waals surface area contributed by atoms with Crippen LogP contribution in [0.1, 0.15) is 0 Å². The molecule has 0 radical (unpaired) electrons. The fraction of sp³-hybridized carbons (Fsp3) is 0.111. The molecule has 0 aliphatic rings. The molecule has 0 spiro atoms. The van der Waals surface area contributed by atoms with Crippen molar-refractivity contribution in [2.75, 3.05) is 17.6 Å². The SMILES string of the molecule is C=CCNc1ccc(N)c(F)c1. The summed E-state index contributed by atoms with van der Waals surface area (Å²) in [7, 11) is 0. The molecule has 0 atom stereocenters. The first-order valence-corrected chi connectivity index (χ1v) is 3.64. The van der Waals surface area contributed by atoms with E-state index in [2.05, 4.69) is 11.9 Å². The molecular formula is C9H11FN2. The summed E-state index contributed by atoms with van der Waals surface area (Å²) in [6, 6.07) is 4.61. The normalized spacial score (nSPS) is 9.42. The van der Waals surface area contributed by atoms with Crippen LogP contribution in [0.5, 0.6) is 0 Å². The van der Waals surface area contributed by atoms with E-state index in [1.54, 1.807) is 12.1 Å². The van der Waals surface area contributed by atoms with Crippen molar-refractivity contribution in [1.82, 2.24) is 0 Å². The second-order valence-corrected chi connectivity index (χ2v) is 2.41. The van der Waals surface area contributed by atoms with Crippen molar-refractivity contribution in [3.63, 3.8) is 0 Å². The molecule has 0 unspecified atom stereocenters. The van der Waals surface area contributed by atoms with E-state index < -0.39 is 5.82 Å². The van der Waals surface area contributed by atoms with Crippen LogP contribution in [0, 0.1) is 5.82 Å². The molecule has 2 nitrogen and oxygen atoms in total. The summed E-state index contributed by atoms with van der Waals surface area (Å²) in [6.45, 7) is 4.15. The Bertz CT molecular complexity index is 284. The summed E-state index contributed by atoms with van der Waals surface area (Å²) in [4.78, 5) is 0. The van der Waals surface area contributed by atoms with Gasteiger partial charge in [-0.05, 0) is 18.2 Å². The average Bonchev–Trinajstić information content (AvgIpc) is 2.07. The van der Waals surface area contributed by atoms with Gasteiger partial charge in [0.05, 0.1) is 5.69 Å². The summed E-state index contributed by atoms with van der Waals surface area (Å²) in [6.07, 6.45) is 1.70. The Morgan fingerprint density at radius 2 is 2.33 bits per heavy atom. The van der Waals surface area contributed by atoms with E-state index in [9.17, 15) is 4.39 Å². The molecule has 64 valence electrons. The third kappa shape index (κ3) is 1.99. The van der Waals surface area contributed by atoms with E-state index >= 15 is 0 Å². The largest absolute Gasteiger partial charge is 0.396 e. The third-order valence-electron chi connectivity index (χ3n) is 1.45. The number of hydrogen-bond acceptors (Lipinski definition) is 2. The molecule has 0 saturated heterocycles. The van der Waals surface area contributed by atoms with E-state index in [1.807, 2.05) is 0 Å². The number of nitrogens with one attached hydrogen (secondary N) is 1. The van der Waals surface area contributed by atoms with Gasteiger partial charge in [-0.25, -0.2) is 4.39 Å². The van der Waals surface area contributed by atoms with E-state index in [1.165, 1.54) is 12.1 Å². The highest BCUT2D eigenvalue weighted by molar-refractivity contribution is 5.52. The summed E-state index contributed by atoms with van der Waals surface area (Å²) >= 11 is 0. The van der Waals surface area contributed by atoms with E-state index in [-0.39, 0.29) is 5.69 Å². The van der Waals surface area contributed by atoms with Crippen LogP contribution >= 0.6 is 0 Å². The predicted molar refractivity (Wildman–Crippen MR) is 49.5 cm³/mol. The van der Waals surface area contributed by atoms with Gasteiger partial charge >= 0.3 is 0 Å². The number of nitrogens with two attached hydrogens (primary N) is 1. The van der Waals surface area contributed by atoms with Crippen LogP contribution in [0.3, 0.4) is 0 Å². The van der Waals surface area contributed by atoms with Gasteiger partial charge in [-0.1, -0.05) is 6.08 Å². The number of nitrogen functional groups attached to an aromatic ring is 1. The lowest BCUT2D eigenvalue weighted by atomic mass is 10.2. The minimum absolute atomic E-state index is 0.166. The molecule has 3 N–H and O–H groups in total. The molecule has 0 aromatic heterocycles. The molecule has 1 aromatic rings. The van der Waals surface area contributed by atoms with Crippen LogP contribution in [0.25, 0.3) is 0 Å². The van der Waals surface area contributed by atoms with Crippen LogP contribution in [0.4, 0.5) is 15.8 Å². The highest BCUT2D eigenvalue weighted by Crippen LogP contribution is 2.15. The molecule has 1 aromatic carbocycles. The highest BCUT2D eigenvalue weighted by Gasteiger charge is 1.97. The van der Waals surface area contributed by atoms with Crippen molar-refractivity contribution < 1.29 is 4.39 Å². The van der Waals surface area contributed by atoms with Crippen LogP contribution in [-0.4, -0.2) is 6.54 Å². The minimum Gasteiger partial charge on any atom is -0.396 e. The second kappa shape index (κ2) is 3.76. The number of anilines is 2. The zero-order valence-electron chi connectivity index (χ0n) is 6.68. The van der Waals surface area contributed by atoms with Crippen molar-refractivity contribution >= 4 is 11.4 Å². The van der Waals surface area contributed by atoms with E-state index in [4.69, 9.17) is 5.73 Å². The Kier molecular flexibility index (Phi) is 2.69. The predicted octanol–water partition coefficient (Wildman–Crippen LogP) is 2.01. The van der Waals surface area contributed by atoms with Crippen molar-refractivity contribution in [3.05, 3.63) is 36.7 Å². The van der Waals surface area contributed by atoms with Gasteiger partial charge in [0.15, 0.2) is 0 Å². The summed E-state index contributed by atoms with van der Waals surface area (Å²) in [5.41, 5.74) is 6.17. The minimum atomic E-state index is -0.399. The molecule has 0 amide bonds. The smallest absolute Gasteiger partial charge is 0.148 e. The van der Waals surface area contributed by atoms with Crippen molar-refractivity contribution in [2.45, 2.75) is 0 Å². The maximum atomic E-state index is 12.8. The van der Waals surface area contributed by atoms with Crippen LogP contribution in [0.2, 0.25) is 0 Å². The average molecular weight is 166 g/mol. The molecule has 1 rings (SSSR count). The fourth-order valence-electron chi connectivity index (χ4n) is 0.827. The monoisotopic (exact) mass is 166 g/mol. The number of rotatable bonds is 3. The van der Waals surface area contributed by atoms with Crippen molar-refractivity contribution in [1.29, 1.82) is 0 Å². The number of halogens is 1. The molecule has 0 fully saturated rings. The quantitative estimate of drug-likeness (QED) is 0.532. The topological polar surface area (TPSA) is 38.0 Å². The first kappa shape index (κ1) is 8.59. The van der Waals surface area contributed by atoms with Crippen molar-refractivity contribution in [3.8, 4) is 0 Å². The highest BCUT2D eigenvalue weighted by atomic mass is 19.1. The Morgan fingerprint density at radius 3 is 2.92 bits per heavy atom. The molecule has 0 bridgehead atoms. The molecule has 3 heteroatoms. The van der Waals surface area contributed by atoms with E-state index in [0.29, 0.717) is 12.2 Å². The number of benzene rings is 1. The van der Waals surface area contributed by atoms with E-state index in [0.717, 1.165) is 0 Å². The van der Waals surface area contributed by atoms with Gasteiger partial charge < -0.3 is 11.1 Å². The zero-order valence-corrected chi connectivity index (χ0v) is 6.68. The van der Waals surface area contributed by atoms with Crippen LogP contribution in [0.15, 0.2) is 30.9 Å². The summed E-state index contributed by atoms with van der Waals surface area (Å²) in [5.74, 6) is -0.399. The lowest BCUT2D eigenvalue weighted by molar-refractivity contribution is 0.633. The lowest BCUT2D eigenvalue weighted by Crippen LogP contribution is -1.99. The number of hydrogen-bond donors (Lipinski definition) is 2. The van der Waals surface area contributed by atoms with Gasteiger partial charge in [-0.15, -0.1) is 6.58 Å². The zero-order chi connectivity index (χ0) is 8.97. The van der Waals surface area contributed by atoms with Crippen LogP contribution < -0.4 is 11.1 Å². The van der Waals surface area contributed by atoms with Gasteiger partial charge in [0.1, 0.15) is 5.82 Å². The summed E-state index contributed by atoms with van der Waals surface area (Å²) in [5, 5.41) is 2.95. The molecule has 12 heavy (non-hydrogen) atoms. The standard InChI is InChI=1S/C9H11FN2/c1-2-5-12-7-3-4-9(11)8(10)6-7/h2-4,6,12H,1,5,11H2. The maximum absolute atomic E-state index is 12.8. The second-order valence-electron chi connectivity index (χ2n) is 2.41. The molecule has 0 saturated carbocycles. The molecule has 0 aliphatic heterocycles. The lowest BCUT2D eigenvalue weighted by Gasteiger charge is -2.03. The molecular weight excluding hydrogens is 155 g/mol. The Hall–Kier alpha value is -1.51. The maximum Gasteiger partial charge on any atom is 0.148 e. The Labute approximate surface area is 70.9 Å². The van der Waals surface area contributed by atoms with Crippen LogP contribution in [-0.2, 0) is 0 Å². The molecule has 0 aliphatic carbocycles. The van der Waals surface area contributed by atoms with Gasteiger partial charge in [0.25, 0.3) is 0 Å². The Morgan fingerprint density at radius 1 is 1.58 bits per heavy atom. The van der Waals surface area contributed by atoms with Gasteiger partial charge in [-0.3, -0.25) is 0 Å². The van der Waals surface area contributed by atoms with Crippen molar-refractivity contribution in [2.24, 2.45) is 0 Å². The van der Waals surface area contributed by atoms with Gasteiger partial charge in [-0.2, -0.15) is 0 Å². The molecule has 0 heterocycles.